The maximum Gasteiger partial charge on any atom is 0.254 e. The summed E-state index contributed by atoms with van der Waals surface area (Å²) in [4.78, 5) is 14.5. The van der Waals surface area contributed by atoms with E-state index in [0.717, 1.165) is 17.4 Å². The van der Waals surface area contributed by atoms with E-state index in [9.17, 15) is 4.79 Å². The number of carbonyl (C=O) groups excluding carboxylic acids is 1. The second kappa shape index (κ2) is 8.13. The summed E-state index contributed by atoms with van der Waals surface area (Å²) >= 11 is 9.42. The maximum absolute atomic E-state index is 12.7. The lowest BCUT2D eigenvalue weighted by molar-refractivity contribution is 0.0679. The molecule has 1 fully saturated rings. The monoisotopic (exact) mass is 374 g/mol. The predicted octanol–water partition coefficient (Wildman–Crippen LogP) is 2.94. The Morgan fingerprint density at radius 2 is 2.38 bits per heavy atom. The molecule has 1 amide bonds. The van der Waals surface area contributed by atoms with E-state index in [2.05, 4.69) is 21.2 Å². The quantitative estimate of drug-likeness (QED) is 0.831. The van der Waals surface area contributed by atoms with Gasteiger partial charge in [0.25, 0.3) is 5.91 Å². The summed E-state index contributed by atoms with van der Waals surface area (Å²) in [6.07, 6.45) is 2.28. The molecule has 1 unspecified atom stereocenters. The summed E-state index contributed by atoms with van der Waals surface area (Å²) in [5, 5.41) is 3.97. The third-order valence-electron chi connectivity index (χ3n) is 3.62. The number of ether oxygens (including phenoxy) is 1. The zero-order chi connectivity index (χ0) is 15.2. The Morgan fingerprint density at radius 1 is 1.57 bits per heavy atom. The normalized spacial score (nSPS) is 18.0. The van der Waals surface area contributed by atoms with Crippen LogP contribution < -0.4 is 5.32 Å². The summed E-state index contributed by atoms with van der Waals surface area (Å²) in [5.74, 6) is -0.00449. The molecule has 6 heteroatoms. The molecular weight excluding hydrogens is 356 g/mol. The van der Waals surface area contributed by atoms with E-state index in [1.807, 2.05) is 4.90 Å². The summed E-state index contributed by atoms with van der Waals surface area (Å²) in [5.41, 5.74) is 0.609. The van der Waals surface area contributed by atoms with Gasteiger partial charge in [0.2, 0.25) is 0 Å². The number of nitrogens with one attached hydrogen (secondary N) is 1. The summed E-state index contributed by atoms with van der Waals surface area (Å²) in [6, 6.07) is 5.67. The van der Waals surface area contributed by atoms with Gasteiger partial charge < -0.3 is 15.0 Å². The molecule has 0 spiro atoms. The van der Waals surface area contributed by atoms with Crippen LogP contribution in [0.4, 0.5) is 0 Å². The topological polar surface area (TPSA) is 41.6 Å². The van der Waals surface area contributed by atoms with Crippen molar-refractivity contribution in [1.82, 2.24) is 10.2 Å². The minimum atomic E-state index is -0.00449. The average Bonchev–Trinajstić information content (AvgIpc) is 2.98. The first-order valence-corrected chi connectivity index (χ1v) is 8.25. The molecule has 4 nitrogen and oxygen atoms in total. The number of benzene rings is 1. The predicted molar refractivity (Wildman–Crippen MR) is 88.0 cm³/mol. The number of carbonyl (C=O) groups is 1. The lowest BCUT2D eigenvalue weighted by Gasteiger charge is -2.26. The molecular formula is C15H20BrClN2O2. The van der Waals surface area contributed by atoms with Gasteiger partial charge in [-0.15, -0.1) is 0 Å². The molecule has 1 saturated heterocycles. The Hall–Kier alpha value is -0.620. The highest BCUT2D eigenvalue weighted by Gasteiger charge is 2.22. The van der Waals surface area contributed by atoms with Crippen LogP contribution in [0.25, 0.3) is 0 Å². The second-order valence-corrected chi connectivity index (χ2v) is 6.43. The van der Waals surface area contributed by atoms with E-state index in [4.69, 9.17) is 16.3 Å². The van der Waals surface area contributed by atoms with E-state index >= 15 is 0 Å². The van der Waals surface area contributed by atoms with Crippen LogP contribution in [0.2, 0.25) is 5.02 Å². The molecule has 1 atom stereocenters. The van der Waals surface area contributed by atoms with Crippen LogP contribution in [0.3, 0.4) is 0 Å². The van der Waals surface area contributed by atoms with Crippen LogP contribution in [-0.4, -0.2) is 50.2 Å². The van der Waals surface area contributed by atoms with E-state index in [1.54, 1.807) is 25.3 Å². The molecule has 0 saturated carbocycles. The Balaban J connectivity index is 2.09. The maximum atomic E-state index is 12.7. The smallest absolute Gasteiger partial charge is 0.254 e. The zero-order valence-corrected chi connectivity index (χ0v) is 14.4. The molecule has 1 aliphatic heterocycles. The SMILES string of the molecule is COCCN(CC1CCCN1)C(=O)c1ccc(Br)c(Cl)c1. The van der Waals surface area contributed by atoms with E-state index in [1.165, 1.54) is 6.42 Å². The standard InChI is InChI=1S/C15H20BrClN2O2/c1-21-8-7-19(10-12-3-2-6-18-12)15(20)11-4-5-13(16)14(17)9-11/h4-5,9,12,18H,2-3,6-8,10H2,1H3. The average molecular weight is 376 g/mol. The van der Waals surface area contributed by atoms with Crippen molar-refractivity contribution in [1.29, 1.82) is 0 Å². The number of amides is 1. The lowest BCUT2D eigenvalue weighted by Crippen LogP contribution is -2.42. The van der Waals surface area contributed by atoms with Crippen molar-refractivity contribution >= 4 is 33.4 Å². The summed E-state index contributed by atoms with van der Waals surface area (Å²) in [6.45, 7) is 2.85. The van der Waals surface area contributed by atoms with Crippen molar-refractivity contribution in [3.63, 3.8) is 0 Å². The highest BCUT2D eigenvalue weighted by Crippen LogP contribution is 2.24. The number of nitrogens with zero attached hydrogens (tertiary/aromatic N) is 1. The Labute approximate surface area is 138 Å². The second-order valence-electron chi connectivity index (χ2n) is 5.17. The molecule has 116 valence electrons. The van der Waals surface area contributed by atoms with Crippen LogP contribution in [-0.2, 0) is 4.74 Å². The number of hydrogen-bond donors (Lipinski definition) is 1. The van der Waals surface area contributed by atoms with Crippen LogP contribution in [0, 0.1) is 0 Å². The van der Waals surface area contributed by atoms with Gasteiger partial charge in [-0.2, -0.15) is 0 Å². The highest BCUT2D eigenvalue weighted by molar-refractivity contribution is 9.10. The molecule has 1 aromatic rings. The van der Waals surface area contributed by atoms with Gasteiger partial charge in [-0.1, -0.05) is 11.6 Å². The largest absolute Gasteiger partial charge is 0.383 e. The zero-order valence-electron chi connectivity index (χ0n) is 12.1. The lowest BCUT2D eigenvalue weighted by atomic mass is 10.1. The molecule has 1 heterocycles. The fraction of sp³-hybridized carbons (Fsp3) is 0.533. The molecule has 1 N–H and O–H groups in total. The molecule has 0 radical (unpaired) electrons. The van der Waals surface area contributed by atoms with Gasteiger partial charge in [0.15, 0.2) is 0 Å². The van der Waals surface area contributed by atoms with Gasteiger partial charge in [0.1, 0.15) is 0 Å². The Kier molecular flexibility index (Phi) is 6.48. The number of methoxy groups -OCH3 is 1. The van der Waals surface area contributed by atoms with Gasteiger partial charge >= 0.3 is 0 Å². The minimum Gasteiger partial charge on any atom is -0.383 e. The van der Waals surface area contributed by atoms with Gasteiger partial charge in [0, 0.05) is 36.3 Å². The van der Waals surface area contributed by atoms with Crippen LogP contribution in [0.1, 0.15) is 23.2 Å². The van der Waals surface area contributed by atoms with Crippen molar-refractivity contribution < 1.29 is 9.53 Å². The highest BCUT2D eigenvalue weighted by atomic mass is 79.9. The van der Waals surface area contributed by atoms with Gasteiger partial charge in [-0.25, -0.2) is 0 Å². The van der Waals surface area contributed by atoms with Crippen LogP contribution in [0.15, 0.2) is 22.7 Å². The minimum absolute atomic E-state index is 0.00449. The molecule has 1 aromatic carbocycles. The van der Waals surface area contributed by atoms with Crippen molar-refractivity contribution in [2.24, 2.45) is 0 Å². The first-order valence-electron chi connectivity index (χ1n) is 7.08. The molecule has 21 heavy (non-hydrogen) atoms. The van der Waals surface area contributed by atoms with E-state index < -0.39 is 0 Å². The molecule has 1 aliphatic rings. The Bertz CT molecular complexity index is 493. The molecule has 0 aromatic heterocycles. The van der Waals surface area contributed by atoms with Crippen molar-refractivity contribution in [2.75, 3.05) is 33.4 Å². The van der Waals surface area contributed by atoms with Crippen LogP contribution >= 0.6 is 27.5 Å². The molecule has 0 bridgehead atoms. The molecule has 0 aliphatic carbocycles. The number of hydrogen-bond acceptors (Lipinski definition) is 3. The van der Waals surface area contributed by atoms with Crippen molar-refractivity contribution in [3.8, 4) is 0 Å². The summed E-state index contributed by atoms with van der Waals surface area (Å²) in [7, 11) is 1.65. The Morgan fingerprint density at radius 3 is 3.00 bits per heavy atom. The molecule has 2 rings (SSSR count). The fourth-order valence-electron chi connectivity index (χ4n) is 2.47. The van der Waals surface area contributed by atoms with Gasteiger partial charge in [0.05, 0.1) is 11.6 Å². The fourth-order valence-corrected chi connectivity index (χ4v) is 2.89. The van der Waals surface area contributed by atoms with Crippen molar-refractivity contribution in [2.45, 2.75) is 18.9 Å². The van der Waals surface area contributed by atoms with Gasteiger partial charge in [-0.05, 0) is 53.5 Å². The van der Waals surface area contributed by atoms with Crippen LogP contribution in [0.5, 0.6) is 0 Å². The van der Waals surface area contributed by atoms with Gasteiger partial charge in [-0.3, -0.25) is 4.79 Å². The summed E-state index contributed by atoms with van der Waals surface area (Å²) < 4.78 is 5.91. The first-order chi connectivity index (χ1) is 10.1. The number of halogens is 2. The third kappa shape index (κ3) is 4.68. The van der Waals surface area contributed by atoms with E-state index in [0.29, 0.717) is 36.3 Å². The first kappa shape index (κ1) is 16.7. The third-order valence-corrected chi connectivity index (χ3v) is 4.85. The van der Waals surface area contributed by atoms with Crippen molar-refractivity contribution in [3.05, 3.63) is 33.3 Å². The van der Waals surface area contributed by atoms with E-state index in [-0.39, 0.29) is 5.91 Å². The number of rotatable bonds is 6.